The van der Waals surface area contributed by atoms with Crippen LogP contribution in [0.1, 0.15) is 23.7 Å². The van der Waals surface area contributed by atoms with Gasteiger partial charge in [0.05, 0.1) is 18.6 Å². The first-order valence-corrected chi connectivity index (χ1v) is 6.94. The topological polar surface area (TPSA) is 66.8 Å². The van der Waals surface area contributed by atoms with Crippen LogP contribution in [0, 0.1) is 23.4 Å². The normalized spacial score (nSPS) is 11.9. The Balaban J connectivity index is 3.04. The van der Waals surface area contributed by atoms with Gasteiger partial charge in [-0.05, 0) is 18.6 Å². The molecule has 1 aromatic carbocycles. The molecule has 128 valence electrons. The number of aliphatic hydroxyl groups is 1. The number of aliphatic hydroxyl groups excluding tert-OH is 1. The second-order valence-electron chi connectivity index (χ2n) is 4.98. The van der Waals surface area contributed by atoms with Gasteiger partial charge in [-0.25, -0.2) is 13.2 Å². The summed E-state index contributed by atoms with van der Waals surface area (Å²) in [6.07, 6.45) is 0.185. The van der Waals surface area contributed by atoms with Crippen molar-refractivity contribution < 1.29 is 32.6 Å². The van der Waals surface area contributed by atoms with Crippen LogP contribution in [-0.4, -0.2) is 48.7 Å². The summed E-state index contributed by atoms with van der Waals surface area (Å²) in [5.74, 6) is -6.89. The maximum atomic E-state index is 13.8. The van der Waals surface area contributed by atoms with E-state index >= 15 is 0 Å². The van der Waals surface area contributed by atoms with Gasteiger partial charge >= 0.3 is 5.97 Å². The van der Waals surface area contributed by atoms with Crippen LogP contribution in [-0.2, 0) is 9.53 Å². The third kappa shape index (κ3) is 4.69. The van der Waals surface area contributed by atoms with Crippen molar-refractivity contribution in [1.29, 1.82) is 0 Å². The molecule has 0 bridgehead atoms. The minimum atomic E-state index is -1.74. The van der Waals surface area contributed by atoms with Crippen molar-refractivity contribution in [3.8, 4) is 0 Å². The first kappa shape index (κ1) is 19.0. The zero-order valence-electron chi connectivity index (χ0n) is 12.8. The fraction of sp³-hybridized carbons (Fsp3) is 0.467. The van der Waals surface area contributed by atoms with Crippen LogP contribution < -0.4 is 0 Å². The zero-order valence-corrected chi connectivity index (χ0v) is 12.8. The van der Waals surface area contributed by atoms with E-state index in [1.165, 1.54) is 14.0 Å². The lowest BCUT2D eigenvalue weighted by atomic mass is 10.1. The number of methoxy groups -OCH3 is 1. The Labute approximate surface area is 131 Å². The quantitative estimate of drug-likeness (QED) is 0.610. The molecule has 5 nitrogen and oxygen atoms in total. The Bertz CT molecular complexity index is 580. The van der Waals surface area contributed by atoms with Gasteiger partial charge in [0.1, 0.15) is 0 Å². The molecule has 0 radical (unpaired) electrons. The highest BCUT2D eigenvalue weighted by molar-refractivity contribution is 5.94. The standard InChI is InChI=1S/C15H18F3NO4/c1-9(15(22)23-2)8-19(6-3-7-20)14(21)10-4-5-11(16)13(18)12(10)17/h4-5,9,20H,3,6-8H2,1-2H3. The van der Waals surface area contributed by atoms with Gasteiger partial charge in [-0.3, -0.25) is 9.59 Å². The Kier molecular flexibility index (Phi) is 7.02. The van der Waals surface area contributed by atoms with Gasteiger partial charge in [-0.15, -0.1) is 0 Å². The average Bonchev–Trinajstić information content (AvgIpc) is 2.54. The van der Waals surface area contributed by atoms with E-state index in [-0.39, 0.29) is 26.1 Å². The molecule has 1 aromatic rings. The number of halogens is 3. The summed E-state index contributed by atoms with van der Waals surface area (Å²) in [6, 6.07) is 1.49. The van der Waals surface area contributed by atoms with Gasteiger partial charge in [-0.1, -0.05) is 6.92 Å². The van der Waals surface area contributed by atoms with Gasteiger partial charge in [0.25, 0.3) is 5.91 Å². The predicted molar refractivity (Wildman–Crippen MR) is 75.1 cm³/mol. The molecule has 0 fully saturated rings. The highest BCUT2D eigenvalue weighted by Crippen LogP contribution is 2.18. The van der Waals surface area contributed by atoms with Crippen molar-refractivity contribution in [2.75, 3.05) is 26.8 Å². The molecule has 8 heteroatoms. The lowest BCUT2D eigenvalue weighted by Crippen LogP contribution is -2.38. The summed E-state index contributed by atoms with van der Waals surface area (Å²) in [6.45, 7) is 1.20. The SMILES string of the molecule is COC(=O)C(C)CN(CCCO)C(=O)c1ccc(F)c(F)c1F. The van der Waals surface area contributed by atoms with Crippen molar-refractivity contribution in [3.63, 3.8) is 0 Å². The number of esters is 1. The lowest BCUT2D eigenvalue weighted by molar-refractivity contribution is -0.145. The van der Waals surface area contributed by atoms with E-state index < -0.39 is 40.8 Å². The zero-order chi connectivity index (χ0) is 17.6. The molecule has 0 aliphatic heterocycles. The van der Waals surface area contributed by atoms with Gasteiger partial charge in [-0.2, -0.15) is 0 Å². The first-order chi connectivity index (χ1) is 10.8. The molecular weight excluding hydrogens is 315 g/mol. The second kappa shape index (κ2) is 8.52. The molecule has 1 rings (SSSR count). The van der Waals surface area contributed by atoms with Crippen LogP contribution in [0.4, 0.5) is 13.2 Å². The van der Waals surface area contributed by atoms with Gasteiger partial charge in [0.15, 0.2) is 17.5 Å². The third-order valence-electron chi connectivity index (χ3n) is 3.24. The molecule has 0 saturated heterocycles. The Morgan fingerprint density at radius 3 is 2.48 bits per heavy atom. The van der Waals surface area contributed by atoms with Crippen molar-refractivity contribution in [1.82, 2.24) is 4.90 Å². The van der Waals surface area contributed by atoms with Crippen molar-refractivity contribution in [2.24, 2.45) is 5.92 Å². The van der Waals surface area contributed by atoms with Crippen LogP contribution in [0.2, 0.25) is 0 Å². The van der Waals surface area contributed by atoms with Gasteiger partial charge in [0.2, 0.25) is 0 Å². The summed E-state index contributed by atoms with van der Waals surface area (Å²) in [4.78, 5) is 24.9. The smallest absolute Gasteiger partial charge is 0.310 e. The molecular formula is C15H18F3NO4. The van der Waals surface area contributed by atoms with Crippen LogP contribution in [0.15, 0.2) is 12.1 Å². The van der Waals surface area contributed by atoms with Crippen molar-refractivity contribution in [2.45, 2.75) is 13.3 Å². The highest BCUT2D eigenvalue weighted by atomic mass is 19.2. The molecule has 1 N–H and O–H groups in total. The number of ether oxygens (including phenoxy) is 1. The monoisotopic (exact) mass is 333 g/mol. The Morgan fingerprint density at radius 1 is 1.26 bits per heavy atom. The molecule has 1 unspecified atom stereocenters. The highest BCUT2D eigenvalue weighted by Gasteiger charge is 2.26. The molecule has 0 heterocycles. The molecule has 23 heavy (non-hydrogen) atoms. The van der Waals surface area contributed by atoms with E-state index in [1.54, 1.807) is 0 Å². The molecule has 0 aliphatic rings. The Hall–Kier alpha value is -2.09. The van der Waals surface area contributed by atoms with E-state index in [0.29, 0.717) is 6.07 Å². The summed E-state index contributed by atoms with van der Waals surface area (Å²) in [5.41, 5.74) is -0.640. The Morgan fingerprint density at radius 2 is 1.91 bits per heavy atom. The number of hydrogen-bond donors (Lipinski definition) is 1. The minimum Gasteiger partial charge on any atom is -0.469 e. The largest absolute Gasteiger partial charge is 0.469 e. The summed E-state index contributed by atoms with van der Waals surface area (Å²) in [7, 11) is 1.19. The third-order valence-corrected chi connectivity index (χ3v) is 3.24. The number of amides is 1. The van der Waals surface area contributed by atoms with E-state index in [0.717, 1.165) is 11.0 Å². The van der Waals surface area contributed by atoms with E-state index in [2.05, 4.69) is 4.74 Å². The summed E-state index contributed by atoms with van der Waals surface area (Å²) >= 11 is 0. The lowest BCUT2D eigenvalue weighted by Gasteiger charge is -2.25. The first-order valence-electron chi connectivity index (χ1n) is 6.94. The van der Waals surface area contributed by atoms with E-state index in [9.17, 15) is 22.8 Å². The molecule has 1 amide bonds. The molecule has 0 aliphatic carbocycles. The van der Waals surface area contributed by atoms with Crippen LogP contribution in [0.5, 0.6) is 0 Å². The fourth-order valence-corrected chi connectivity index (χ4v) is 2.01. The summed E-state index contributed by atoms with van der Waals surface area (Å²) in [5, 5.41) is 8.88. The molecule has 1 atom stereocenters. The van der Waals surface area contributed by atoms with Crippen molar-refractivity contribution in [3.05, 3.63) is 35.1 Å². The van der Waals surface area contributed by atoms with Gasteiger partial charge < -0.3 is 14.7 Å². The van der Waals surface area contributed by atoms with Gasteiger partial charge in [0, 0.05) is 19.7 Å². The van der Waals surface area contributed by atoms with Crippen LogP contribution in [0.25, 0.3) is 0 Å². The van der Waals surface area contributed by atoms with Crippen LogP contribution >= 0.6 is 0 Å². The average molecular weight is 333 g/mol. The number of hydrogen-bond acceptors (Lipinski definition) is 4. The number of benzene rings is 1. The van der Waals surface area contributed by atoms with E-state index in [1.807, 2.05) is 0 Å². The summed E-state index contributed by atoms with van der Waals surface area (Å²) < 4.78 is 44.5. The van der Waals surface area contributed by atoms with Crippen molar-refractivity contribution >= 4 is 11.9 Å². The fourth-order valence-electron chi connectivity index (χ4n) is 2.01. The predicted octanol–water partition coefficient (Wildman–Crippen LogP) is 1.74. The number of carbonyl (C=O) groups excluding carboxylic acids is 2. The van der Waals surface area contributed by atoms with Crippen LogP contribution in [0.3, 0.4) is 0 Å². The molecule has 0 spiro atoms. The number of carbonyl (C=O) groups is 2. The maximum absolute atomic E-state index is 13.8. The number of nitrogens with zero attached hydrogens (tertiary/aromatic N) is 1. The minimum absolute atomic E-state index is 0.0229. The maximum Gasteiger partial charge on any atom is 0.310 e. The molecule has 0 aromatic heterocycles. The number of rotatable bonds is 7. The van der Waals surface area contributed by atoms with E-state index in [4.69, 9.17) is 5.11 Å². The second-order valence-corrected chi connectivity index (χ2v) is 4.98. The molecule has 0 saturated carbocycles.